The van der Waals surface area contributed by atoms with Crippen molar-refractivity contribution in [1.29, 1.82) is 0 Å². The molecule has 2 aromatic rings. The lowest BCUT2D eigenvalue weighted by atomic mass is 10.2. The molecule has 1 aliphatic heterocycles. The third kappa shape index (κ3) is 4.94. The third-order valence-corrected chi connectivity index (χ3v) is 6.44. The molecule has 3 rings (SSSR count). The van der Waals surface area contributed by atoms with Crippen LogP contribution < -0.4 is 5.32 Å². The fourth-order valence-electron chi connectivity index (χ4n) is 3.01. The van der Waals surface area contributed by atoms with Gasteiger partial charge in [-0.05, 0) is 42.7 Å². The number of nitrogens with one attached hydrogen (secondary N) is 1. The summed E-state index contributed by atoms with van der Waals surface area (Å²) in [5.41, 5.74) is 1.42. The van der Waals surface area contributed by atoms with Crippen LogP contribution in [0.25, 0.3) is 0 Å². The number of rotatable bonds is 7. The van der Waals surface area contributed by atoms with Gasteiger partial charge in [0.2, 0.25) is 10.0 Å². The van der Waals surface area contributed by atoms with Crippen LogP contribution in [0.3, 0.4) is 0 Å². The first-order chi connectivity index (χ1) is 13.0. The second-order valence-electron chi connectivity index (χ2n) is 6.61. The predicted molar refractivity (Wildman–Crippen MR) is 103 cm³/mol. The van der Waals surface area contributed by atoms with Crippen molar-refractivity contribution in [3.63, 3.8) is 0 Å². The molecule has 7 heteroatoms. The number of likely N-dealkylation sites (N-methyl/N-ethyl adjacent to an activating group) is 1. The molecule has 0 aromatic heterocycles. The van der Waals surface area contributed by atoms with Crippen LogP contribution in [-0.2, 0) is 21.3 Å². The third-order valence-electron chi connectivity index (χ3n) is 4.61. The predicted octanol–water partition coefficient (Wildman–Crippen LogP) is 2.42. The van der Waals surface area contributed by atoms with E-state index < -0.39 is 10.0 Å². The summed E-state index contributed by atoms with van der Waals surface area (Å²) < 4.78 is 32.2. The molecule has 0 spiro atoms. The summed E-state index contributed by atoms with van der Waals surface area (Å²) in [6.07, 6.45) is 1.79. The van der Waals surface area contributed by atoms with Crippen LogP contribution >= 0.6 is 0 Å². The van der Waals surface area contributed by atoms with Gasteiger partial charge in [0.15, 0.2) is 0 Å². The monoisotopic (exact) mass is 388 g/mol. The average molecular weight is 388 g/mol. The first-order valence-electron chi connectivity index (χ1n) is 8.97. The van der Waals surface area contributed by atoms with E-state index in [-0.39, 0.29) is 16.9 Å². The van der Waals surface area contributed by atoms with Crippen LogP contribution in [0.2, 0.25) is 0 Å². The van der Waals surface area contributed by atoms with Gasteiger partial charge in [0, 0.05) is 32.3 Å². The molecule has 1 aliphatic rings. The van der Waals surface area contributed by atoms with Gasteiger partial charge in [-0.1, -0.05) is 30.3 Å². The number of hydrogen-bond donors (Lipinski definition) is 1. The Labute approximate surface area is 160 Å². The number of sulfonamides is 1. The highest BCUT2D eigenvalue weighted by Gasteiger charge is 2.26. The van der Waals surface area contributed by atoms with Gasteiger partial charge in [0.25, 0.3) is 5.91 Å². The van der Waals surface area contributed by atoms with E-state index in [1.807, 2.05) is 30.3 Å². The van der Waals surface area contributed by atoms with E-state index >= 15 is 0 Å². The Balaban J connectivity index is 1.62. The SMILES string of the molecule is CN(C[C@H]1CCCO1)S(=O)(=O)c1ccc(C(=O)NCc2ccccc2)cc1. The Morgan fingerprint density at radius 1 is 1.15 bits per heavy atom. The zero-order valence-corrected chi connectivity index (χ0v) is 16.1. The molecule has 0 bridgehead atoms. The quantitative estimate of drug-likeness (QED) is 0.790. The van der Waals surface area contributed by atoms with Crippen LogP contribution in [0.4, 0.5) is 0 Å². The first-order valence-corrected chi connectivity index (χ1v) is 10.4. The van der Waals surface area contributed by atoms with Crippen LogP contribution in [0.1, 0.15) is 28.8 Å². The van der Waals surface area contributed by atoms with E-state index in [0.717, 1.165) is 18.4 Å². The van der Waals surface area contributed by atoms with Crippen molar-refractivity contribution in [2.45, 2.75) is 30.4 Å². The molecule has 144 valence electrons. The number of amides is 1. The van der Waals surface area contributed by atoms with E-state index in [1.54, 1.807) is 7.05 Å². The highest BCUT2D eigenvalue weighted by molar-refractivity contribution is 7.89. The van der Waals surface area contributed by atoms with E-state index in [0.29, 0.717) is 25.3 Å². The van der Waals surface area contributed by atoms with Gasteiger partial charge < -0.3 is 10.1 Å². The minimum Gasteiger partial charge on any atom is -0.377 e. The molecule has 1 amide bonds. The van der Waals surface area contributed by atoms with Crippen LogP contribution in [-0.4, -0.2) is 44.9 Å². The first kappa shape index (κ1) is 19.5. The Morgan fingerprint density at radius 3 is 2.48 bits per heavy atom. The summed E-state index contributed by atoms with van der Waals surface area (Å²) in [5.74, 6) is -0.240. The van der Waals surface area contributed by atoms with Gasteiger partial charge >= 0.3 is 0 Å². The minimum atomic E-state index is -3.60. The van der Waals surface area contributed by atoms with Crippen LogP contribution in [0.5, 0.6) is 0 Å². The van der Waals surface area contributed by atoms with Crippen molar-refractivity contribution in [3.05, 3.63) is 65.7 Å². The molecule has 1 atom stereocenters. The highest BCUT2D eigenvalue weighted by Crippen LogP contribution is 2.19. The summed E-state index contributed by atoms with van der Waals surface area (Å²) in [6.45, 7) is 1.44. The summed E-state index contributed by atoms with van der Waals surface area (Å²) in [4.78, 5) is 12.4. The number of ether oxygens (including phenoxy) is 1. The van der Waals surface area contributed by atoms with Crippen molar-refractivity contribution in [3.8, 4) is 0 Å². The lowest BCUT2D eigenvalue weighted by Crippen LogP contribution is -2.34. The number of carbonyl (C=O) groups is 1. The van der Waals surface area contributed by atoms with E-state index in [1.165, 1.54) is 28.6 Å². The highest BCUT2D eigenvalue weighted by atomic mass is 32.2. The molecule has 1 heterocycles. The number of carbonyl (C=O) groups excluding carboxylic acids is 1. The molecule has 6 nitrogen and oxygen atoms in total. The fraction of sp³-hybridized carbons (Fsp3) is 0.350. The molecule has 2 aromatic carbocycles. The standard InChI is InChI=1S/C20H24N2O4S/c1-22(15-18-8-5-13-26-18)27(24,25)19-11-9-17(10-12-19)20(23)21-14-16-6-3-2-4-7-16/h2-4,6-7,9-12,18H,5,8,13-15H2,1H3,(H,21,23)/t18-/m1/s1. The maximum absolute atomic E-state index is 12.7. The topological polar surface area (TPSA) is 75.7 Å². The molecular weight excluding hydrogens is 364 g/mol. The summed E-state index contributed by atoms with van der Waals surface area (Å²) in [7, 11) is -2.05. The van der Waals surface area contributed by atoms with Gasteiger partial charge in [-0.25, -0.2) is 8.42 Å². The van der Waals surface area contributed by atoms with E-state index in [9.17, 15) is 13.2 Å². The second kappa shape index (κ2) is 8.65. The van der Waals surface area contributed by atoms with Gasteiger partial charge in [0.1, 0.15) is 0 Å². The van der Waals surface area contributed by atoms with Gasteiger partial charge in [-0.2, -0.15) is 4.31 Å². The average Bonchev–Trinajstić information content (AvgIpc) is 3.20. The maximum atomic E-state index is 12.7. The number of benzene rings is 2. The molecule has 1 saturated heterocycles. The summed E-state index contributed by atoms with van der Waals surface area (Å²) >= 11 is 0. The molecule has 1 N–H and O–H groups in total. The Morgan fingerprint density at radius 2 is 1.85 bits per heavy atom. The van der Waals surface area contributed by atoms with E-state index in [2.05, 4.69) is 5.32 Å². The van der Waals surface area contributed by atoms with Crippen molar-refractivity contribution < 1.29 is 17.9 Å². The Hall–Kier alpha value is -2.22. The lowest BCUT2D eigenvalue weighted by Gasteiger charge is -2.20. The number of hydrogen-bond acceptors (Lipinski definition) is 4. The number of nitrogens with zero attached hydrogens (tertiary/aromatic N) is 1. The van der Waals surface area contributed by atoms with Crippen molar-refractivity contribution in [2.24, 2.45) is 0 Å². The summed E-state index contributed by atoms with van der Waals surface area (Å²) in [6, 6.07) is 15.6. The van der Waals surface area contributed by atoms with Crippen LogP contribution in [0, 0.1) is 0 Å². The Kier molecular flexibility index (Phi) is 6.26. The van der Waals surface area contributed by atoms with Crippen molar-refractivity contribution >= 4 is 15.9 Å². The van der Waals surface area contributed by atoms with Crippen molar-refractivity contribution in [2.75, 3.05) is 20.2 Å². The zero-order chi connectivity index (χ0) is 19.3. The smallest absolute Gasteiger partial charge is 0.251 e. The largest absolute Gasteiger partial charge is 0.377 e. The van der Waals surface area contributed by atoms with Gasteiger partial charge in [-0.15, -0.1) is 0 Å². The molecule has 0 aliphatic carbocycles. The molecule has 0 radical (unpaired) electrons. The van der Waals surface area contributed by atoms with E-state index in [4.69, 9.17) is 4.74 Å². The fourth-order valence-corrected chi connectivity index (χ4v) is 4.21. The molecule has 1 fully saturated rings. The minimum absolute atomic E-state index is 0.0483. The van der Waals surface area contributed by atoms with Gasteiger partial charge in [-0.3, -0.25) is 4.79 Å². The molecule has 0 unspecified atom stereocenters. The molecule has 27 heavy (non-hydrogen) atoms. The second-order valence-corrected chi connectivity index (χ2v) is 8.66. The normalized spacial score (nSPS) is 17.2. The Bertz CT molecular complexity index is 861. The van der Waals surface area contributed by atoms with Crippen LogP contribution in [0.15, 0.2) is 59.5 Å². The van der Waals surface area contributed by atoms with Gasteiger partial charge in [0.05, 0.1) is 11.0 Å². The zero-order valence-electron chi connectivity index (χ0n) is 15.3. The lowest BCUT2D eigenvalue weighted by molar-refractivity contribution is 0.0950. The van der Waals surface area contributed by atoms with Crippen molar-refractivity contribution in [1.82, 2.24) is 9.62 Å². The molecule has 0 saturated carbocycles. The summed E-state index contributed by atoms with van der Waals surface area (Å²) in [5, 5.41) is 2.83. The molecular formula is C20H24N2O4S. The maximum Gasteiger partial charge on any atom is 0.251 e.